The first kappa shape index (κ1) is 45.4. The van der Waals surface area contributed by atoms with Gasteiger partial charge in [0, 0.05) is 39.5 Å². The maximum Gasteiger partial charge on any atom is 0.0468 e. The highest BCUT2D eigenvalue weighted by atomic mass is 15.2. The predicted molar refractivity (Wildman–Crippen MR) is 309 cm³/mol. The molecule has 2 atom stereocenters. The van der Waals surface area contributed by atoms with Crippen molar-refractivity contribution >= 4 is 51.0 Å². The van der Waals surface area contributed by atoms with Crippen molar-refractivity contribution in [2.24, 2.45) is 11.8 Å². The van der Waals surface area contributed by atoms with Crippen LogP contribution in [0.3, 0.4) is 0 Å². The average Bonchev–Trinajstić information content (AvgIpc) is 3.66. The van der Waals surface area contributed by atoms with E-state index in [1.165, 1.54) is 124 Å². The molecule has 2 nitrogen and oxygen atoms in total. The highest BCUT2D eigenvalue weighted by Crippen LogP contribution is 2.66. The molecule has 2 unspecified atom stereocenters. The summed E-state index contributed by atoms with van der Waals surface area (Å²) in [7, 11) is 0. The second-order valence-electron chi connectivity index (χ2n) is 22.9. The molecule has 9 aromatic rings. The van der Waals surface area contributed by atoms with Gasteiger partial charge < -0.3 is 9.80 Å². The van der Waals surface area contributed by atoms with Crippen molar-refractivity contribution in [2.75, 3.05) is 9.80 Å². The molecule has 0 saturated heterocycles. The molecule has 4 bridgehead atoms. The van der Waals surface area contributed by atoms with E-state index in [1.807, 2.05) is 6.08 Å². The van der Waals surface area contributed by atoms with Crippen molar-refractivity contribution in [1.82, 2.24) is 0 Å². The van der Waals surface area contributed by atoms with Crippen LogP contribution in [0.4, 0.5) is 34.1 Å². The van der Waals surface area contributed by atoms with Gasteiger partial charge in [-0.05, 0) is 219 Å². The predicted octanol–water partition coefficient (Wildman–Crippen LogP) is 19.5. The molecular formula is C71H66N2. The molecule has 2 heteroatoms. The number of anilines is 6. The fourth-order valence-corrected chi connectivity index (χ4v) is 14.7. The van der Waals surface area contributed by atoms with Crippen LogP contribution in [0.15, 0.2) is 213 Å². The Morgan fingerprint density at radius 1 is 0.479 bits per heavy atom. The minimum atomic E-state index is -0.0459. The van der Waals surface area contributed by atoms with Crippen molar-refractivity contribution in [1.29, 1.82) is 0 Å². The van der Waals surface area contributed by atoms with E-state index >= 15 is 0 Å². The van der Waals surface area contributed by atoms with Crippen LogP contribution in [0.2, 0.25) is 0 Å². The van der Waals surface area contributed by atoms with Gasteiger partial charge in [-0.2, -0.15) is 0 Å². The third kappa shape index (κ3) is 7.93. The summed E-state index contributed by atoms with van der Waals surface area (Å²) in [5.41, 5.74) is 21.0. The summed E-state index contributed by atoms with van der Waals surface area (Å²) in [5.74, 6) is 1.59. The van der Waals surface area contributed by atoms with Gasteiger partial charge in [-0.25, -0.2) is 0 Å². The zero-order valence-electron chi connectivity index (χ0n) is 42.8. The Labute approximate surface area is 433 Å². The zero-order valence-corrected chi connectivity index (χ0v) is 42.8. The summed E-state index contributed by atoms with van der Waals surface area (Å²) >= 11 is 0. The summed E-state index contributed by atoms with van der Waals surface area (Å²) in [5, 5.41) is 2.46. The van der Waals surface area contributed by atoms with Crippen molar-refractivity contribution in [3.8, 4) is 22.3 Å². The van der Waals surface area contributed by atoms with Crippen LogP contribution >= 0.6 is 0 Å². The van der Waals surface area contributed by atoms with Gasteiger partial charge >= 0.3 is 0 Å². The van der Waals surface area contributed by atoms with Crippen LogP contribution in [0.1, 0.15) is 106 Å². The molecule has 5 aliphatic rings. The number of aryl methyl sites for hydroxylation is 1. The first-order chi connectivity index (χ1) is 35.7. The Morgan fingerprint density at radius 2 is 0.973 bits per heavy atom. The molecule has 0 heterocycles. The number of hydrogen-bond donors (Lipinski definition) is 0. The van der Waals surface area contributed by atoms with Gasteiger partial charge in [0.05, 0.1) is 0 Å². The van der Waals surface area contributed by atoms with Crippen molar-refractivity contribution in [3.05, 3.63) is 246 Å². The Morgan fingerprint density at radius 3 is 1.59 bits per heavy atom. The monoisotopic (exact) mass is 947 g/mol. The van der Waals surface area contributed by atoms with Gasteiger partial charge in [0.2, 0.25) is 0 Å². The molecular weight excluding hydrogens is 881 g/mol. The van der Waals surface area contributed by atoms with Gasteiger partial charge in [-0.15, -0.1) is 0 Å². The van der Waals surface area contributed by atoms with Gasteiger partial charge in [-0.1, -0.05) is 167 Å². The van der Waals surface area contributed by atoms with Gasteiger partial charge in [0.15, 0.2) is 0 Å². The lowest BCUT2D eigenvalue weighted by Crippen LogP contribution is -2.55. The smallest absolute Gasteiger partial charge is 0.0468 e. The first-order valence-corrected chi connectivity index (χ1v) is 27.2. The Bertz CT molecular complexity index is 3470. The topological polar surface area (TPSA) is 6.48 Å². The molecule has 9 aromatic carbocycles. The number of rotatable bonds is 13. The second-order valence-corrected chi connectivity index (χ2v) is 22.9. The molecule has 0 spiro atoms. The van der Waals surface area contributed by atoms with Crippen molar-refractivity contribution in [3.63, 3.8) is 0 Å². The number of benzene rings is 9. The van der Waals surface area contributed by atoms with Crippen LogP contribution < -0.4 is 9.80 Å². The van der Waals surface area contributed by atoms with E-state index in [0.29, 0.717) is 0 Å². The summed E-state index contributed by atoms with van der Waals surface area (Å²) in [6.07, 6.45) is 13.4. The summed E-state index contributed by atoms with van der Waals surface area (Å²) in [6, 6.07) is 78.5. The highest BCUT2D eigenvalue weighted by molar-refractivity contribution is 5.90. The number of nitrogens with zero attached hydrogens (tertiary/aromatic N) is 2. The fraction of sp³-hybridized carbons (Fsp3) is 0.239. The summed E-state index contributed by atoms with van der Waals surface area (Å²) < 4.78 is 0. The van der Waals surface area contributed by atoms with Crippen molar-refractivity contribution < 1.29 is 0 Å². The van der Waals surface area contributed by atoms with E-state index in [0.717, 1.165) is 41.0 Å². The lowest BCUT2D eigenvalue weighted by Gasteiger charge is -2.63. The second kappa shape index (κ2) is 18.0. The van der Waals surface area contributed by atoms with E-state index in [4.69, 9.17) is 0 Å². The SMILES string of the molecule is C=Cc1ccc(C23CC4CC(C2)CC(c2ccc(N(c5ccc(CCCC)cc5)c5ccc(N(c6ccc(-c7ccc8c(c7)C(C)(C)c7ccccc7-8)cc6)c6ccc7ccccc7c6)cc5)cc2)(C4)C3)cc1. The Hall–Kier alpha value is -7.42. The molecule has 5 aliphatic carbocycles. The molecule has 4 saturated carbocycles. The molecule has 0 radical (unpaired) electrons. The van der Waals surface area contributed by atoms with E-state index < -0.39 is 0 Å². The molecule has 0 amide bonds. The van der Waals surface area contributed by atoms with Gasteiger partial charge in [0.25, 0.3) is 0 Å². The standard InChI is InChI=1S/C71H66N2/c1-5-7-12-50-19-29-59(30-20-50)72(61-34-27-58(28-35-61)71-46-51-41-52(47-71)45-70(44-51,48-71)57-25-17-49(6-2)18-26-57)62-36-38-63(39-37-62)73(64-33-23-53-13-8-9-14-55(53)42-64)60-31-21-54(22-32-60)56-24-40-66-65-15-10-11-16-67(65)69(3,4)68(66)43-56/h6,8-11,13-40,42-43,51-52H,2,5,7,12,41,44-48H2,1,3-4H3. The van der Waals surface area contributed by atoms with E-state index in [1.54, 1.807) is 5.56 Å². The maximum absolute atomic E-state index is 4.04. The van der Waals surface area contributed by atoms with Crippen LogP contribution in [0.5, 0.6) is 0 Å². The molecule has 14 rings (SSSR count). The lowest BCUT2D eigenvalue weighted by molar-refractivity contribution is -0.0281. The van der Waals surface area contributed by atoms with E-state index in [-0.39, 0.29) is 16.2 Å². The first-order valence-electron chi connectivity index (χ1n) is 27.2. The third-order valence-electron chi connectivity index (χ3n) is 18.0. The van der Waals surface area contributed by atoms with Crippen molar-refractivity contribution in [2.45, 2.75) is 94.8 Å². The minimum absolute atomic E-state index is 0.0459. The largest absolute Gasteiger partial charge is 0.311 e. The molecule has 360 valence electrons. The molecule has 0 aromatic heterocycles. The fourth-order valence-electron chi connectivity index (χ4n) is 14.7. The van der Waals surface area contributed by atoms with Crippen LogP contribution in [-0.4, -0.2) is 0 Å². The third-order valence-corrected chi connectivity index (χ3v) is 18.0. The van der Waals surface area contributed by atoms with Crippen LogP contribution in [0.25, 0.3) is 39.1 Å². The molecule has 0 N–H and O–H groups in total. The number of unbranched alkanes of at least 4 members (excludes halogenated alkanes) is 1. The van der Waals surface area contributed by atoms with E-state index in [9.17, 15) is 0 Å². The maximum atomic E-state index is 4.04. The van der Waals surface area contributed by atoms with Crippen LogP contribution in [-0.2, 0) is 22.7 Å². The highest BCUT2D eigenvalue weighted by Gasteiger charge is 2.58. The lowest BCUT2D eigenvalue weighted by atomic mass is 9.42. The molecule has 73 heavy (non-hydrogen) atoms. The Kier molecular flexibility index (Phi) is 11.2. The molecule has 4 fully saturated rings. The zero-order chi connectivity index (χ0) is 49.3. The van der Waals surface area contributed by atoms with Crippen LogP contribution in [0, 0.1) is 11.8 Å². The van der Waals surface area contributed by atoms with Gasteiger partial charge in [-0.3, -0.25) is 0 Å². The summed E-state index contributed by atoms with van der Waals surface area (Å²) in [6.45, 7) is 11.0. The van der Waals surface area contributed by atoms with E-state index in [2.05, 4.69) is 243 Å². The minimum Gasteiger partial charge on any atom is -0.311 e. The van der Waals surface area contributed by atoms with Gasteiger partial charge in [0.1, 0.15) is 0 Å². The number of fused-ring (bicyclic) bond motifs is 4. The number of hydrogen-bond acceptors (Lipinski definition) is 2. The average molecular weight is 947 g/mol. The molecule has 0 aliphatic heterocycles. The quantitative estimate of drug-likeness (QED) is 0.114. The normalized spacial score (nSPS) is 20.9. The Balaban J connectivity index is 0.847. The summed E-state index contributed by atoms with van der Waals surface area (Å²) in [4.78, 5) is 4.88.